The molecule has 0 spiro atoms. The van der Waals surface area contributed by atoms with E-state index in [0.717, 1.165) is 12.1 Å². The molecular weight excluding hydrogens is 198 g/mol. The van der Waals surface area contributed by atoms with Gasteiger partial charge in [-0.3, -0.25) is 0 Å². The Kier molecular flexibility index (Phi) is 2.50. The Labute approximate surface area is 87.3 Å². The van der Waals surface area contributed by atoms with Crippen LogP contribution in [-0.2, 0) is 6.54 Å². The second-order valence-electron chi connectivity index (χ2n) is 2.86. The average Bonchev–Trinajstić information content (AvgIpc) is 2.66. The Hall–Kier alpha value is -1.35. The molecule has 0 unspecified atom stereocenters. The van der Waals surface area contributed by atoms with Gasteiger partial charge in [0.1, 0.15) is 0 Å². The van der Waals surface area contributed by atoms with Gasteiger partial charge in [-0.05, 0) is 19.1 Å². The normalized spacial score (nSPS) is 10.4. The molecule has 1 radical (unpaired) electrons. The molecule has 0 saturated heterocycles. The Morgan fingerprint density at radius 1 is 1.50 bits per heavy atom. The van der Waals surface area contributed by atoms with Crippen LogP contribution in [0.15, 0.2) is 24.3 Å². The zero-order chi connectivity index (χ0) is 9.97. The van der Waals surface area contributed by atoms with Gasteiger partial charge in [0.05, 0.1) is 0 Å². The number of hydrogen-bond donors (Lipinski definition) is 0. The van der Waals surface area contributed by atoms with E-state index < -0.39 is 0 Å². The van der Waals surface area contributed by atoms with Crippen molar-refractivity contribution in [3.63, 3.8) is 0 Å². The van der Waals surface area contributed by atoms with E-state index in [9.17, 15) is 0 Å². The quantitative estimate of drug-likeness (QED) is 0.756. The molecule has 0 amide bonds. The molecule has 1 heterocycles. The average molecular weight is 207 g/mol. The molecule has 0 aliphatic heterocycles. The third-order valence-corrected chi connectivity index (χ3v) is 2.10. The van der Waals surface area contributed by atoms with Crippen molar-refractivity contribution in [2.75, 3.05) is 0 Å². The van der Waals surface area contributed by atoms with Crippen molar-refractivity contribution >= 4 is 11.6 Å². The first kappa shape index (κ1) is 9.21. The van der Waals surface area contributed by atoms with Crippen LogP contribution in [0.1, 0.15) is 6.92 Å². The Balaban J connectivity index is 2.39. The Morgan fingerprint density at radius 2 is 2.36 bits per heavy atom. The van der Waals surface area contributed by atoms with E-state index in [2.05, 4.69) is 16.4 Å². The summed E-state index contributed by atoms with van der Waals surface area (Å²) in [6, 6.07) is 7.47. The van der Waals surface area contributed by atoms with Crippen molar-refractivity contribution in [1.29, 1.82) is 0 Å². The summed E-state index contributed by atoms with van der Waals surface area (Å²) in [5.41, 5.74) is 0.918. The van der Waals surface area contributed by atoms with Crippen molar-refractivity contribution in [2.24, 2.45) is 0 Å². The fourth-order valence-corrected chi connectivity index (χ4v) is 1.35. The number of nitrogens with zero attached hydrogens (tertiary/aromatic N) is 3. The lowest BCUT2D eigenvalue weighted by Gasteiger charge is -1.95. The summed E-state index contributed by atoms with van der Waals surface area (Å²) in [4.78, 5) is 4.07. The van der Waals surface area contributed by atoms with Crippen LogP contribution < -0.4 is 0 Å². The molecule has 0 aliphatic carbocycles. The molecule has 0 bridgehead atoms. The highest BCUT2D eigenvalue weighted by atomic mass is 35.5. The van der Waals surface area contributed by atoms with Crippen molar-refractivity contribution in [3.05, 3.63) is 35.6 Å². The van der Waals surface area contributed by atoms with Gasteiger partial charge < -0.3 is 0 Å². The first-order valence-corrected chi connectivity index (χ1v) is 4.76. The highest BCUT2D eigenvalue weighted by molar-refractivity contribution is 6.30. The van der Waals surface area contributed by atoms with E-state index >= 15 is 0 Å². The lowest BCUT2D eigenvalue weighted by molar-refractivity contribution is 0.654. The number of hydrogen-bond acceptors (Lipinski definition) is 2. The number of rotatable bonds is 2. The van der Waals surface area contributed by atoms with Crippen LogP contribution in [0.2, 0.25) is 5.02 Å². The van der Waals surface area contributed by atoms with Crippen LogP contribution in [0.4, 0.5) is 0 Å². The van der Waals surface area contributed by atoms with Crippen molar-refractivity contribution in [3.8, 4) is 11.4 Å². The van der Waals surface area contributed by atoms with E-state index in [-0.39, 0.29) is 0 Å². The predicted molar refractivity (Wildman–Crippen MR) is 55.0 cm³/mol. The molecule has 2 aromatic rings. The summed E-state index contributed by atoms with van der Waals surface area (Å²) in [6.07, 6.45) is 2.79. The summed E-state index contributed by atoms with van der Waals surface area (Å²) in [6.45, 7) is 2.76. The Morgan fingerprint density at radius 3 is 3.00 bits per heavy atom. The third-order valence-electron chi connectivity index (χ3n) is 1.87. The van der Waals surface area contributed by atoms with Gasteiger partial charge in [0.25, 0.3) is 0 Å². The topological polar surface area (TPSA) is 30.7 Å². The van der Waals surface area contributed by atoms with Crippen LogP contribution in [0.25, 0.3) is 11.4 Å². The minimum absolute atomic E-state index is 0.661. The van der Waals surface area contributed by atoms with Gasteiger partial charge in [0, 0.05) is 17.1 Å². The predicted octanol–water partition coefficient (Wildman–Crippen LogP) is 2.42. The second kappa shape index (κ2) is 3.80. The number of benzene rings is 1. The monoisotopic (exact) mass is 206 g/mol. The molecular formula is C10H9ClN3. The maximum absolute atomic E-state index is 5.86. The maximum Gasteiger partial charge on any atom is 0.196 e. The van der Waals surface area contributed by atoms with Crippen LogP contribution in [0, 0.1) is 6.33 Å². The van der Waals surface area contributed by atoms with Gasteiger partial charge in [0.2, 0.25) is 0 Å². The van der Waals surface area contributed by atoms with Gasteiger partial charge in [-0.25, -0.2) is 9.67 Å². The van der Waals surface area contributed by atoms with Gasteiger partial charge >= 0.3 is 0 Å². The number of halogens is 1. The van der Waals surface area contributed by atoms with Gasteiger partial charge in [-0.1, -0.05) is 23.7 Å². The molecule has 0 N–H and O–H groups in total. The number of aryl methyl sites for hydroxylation is 1. The zero-order valence-electron chi connectivity index (χ0n) is 7.74. The lowest BCUT2D eigenvalue weighted by atomic mass is 10.2. The first-order chi connectivity index (χ1) is 6.79. The maximum atomic E-state index is 5.86. The van der Waals surface area contributed by atoms with Crippen molar-refractivity contribution in [1.82, 2.24) is 14.8 Å². The van der Waals surface area contributed by atoms with Crippen molar-refractivity contribution < 1.29 is 0 Å². The van der Waals surface area contributed by atoms with Crippen LogP contribution >= 0.6 is 11.6 Å². The summed E-state index contributed by atoms with van der Waals surface area (Å²) in [5, 5.41) is 4.92. The van der Waals surface area contributed by atoms with E-state index in [1.54, 1.807) is 4.68 Å². The highest BCUT2D eigenvalue weighted by Gasteiger charge is 2.03. The molecule has 0 saturated carbocycles. The smallest absolute Gasteiger partial charge is 0.196 e. The van der Waals surface area contributed by atoms with Gasteiger partial charge in [-0.15, -0.1) is 0 Å². The van der Waals surface area contributed by atoms with E-state index in [1.807, 2.05) is 31.2 Å². The van der Waals surface area contributed by atoms with Gasteiger partial charge in [0.15, 0.2) is 12.2 Å². The van der Waals surface area contributed by atoms with Crippen LogP contribution in [0.5, 0.6) is 0 Å². The molecule has 0 aliphatic rings. The summed E-state index contributed by atoms with van der Waals surface area (Å²) in [7, 11) is 0. The van der Waals surface area contributed by atoms with Crippen LogP contribution in [-0.4, -0.2) is 14.8 Å². The fourth-order valence-electron chi connectivity index (χ4n) is 1.16. The van der Waals surface area contributed by atoms with E-state index in [1.165, 1.54) is 0 Å². The SMILES string of the molecule is CCn1[c]nc(-c2cccc(Cl)c2)n1. The molecule has 1 aromatic carbocycles. The first-order valence-electron chi connectivity index (χ1n) is 4.38. The molecule has 2 rings (SSSR count). The second-order valence-corrected chi connectivity index (χ2v) is 3.30. The van der Waals surface area contributed by atoms with E-state index in [4.69, 9.17) is 11.6 Å². The minimum atomic E-state index is 0.661. The van der Waals surface area contributed by atoms with Crippen LogP contribution in [0.3, 0.4) is 0 Å². The summed E-state index contributed by atoms with van der Waals surface area (Å²) >= 11 is 5.86. The molecule has 1 aromatic heterocycles. The molecule has 0 fully saturated rings. The molecule has 4 heteroatoms. The fraction of sp³-hybridized carbons (Fsp3) is 0.200. The zero-order valence-corrected chi connectivity index (χ0v) is 8.49. The highest BCUT2D eigenvalue weighted by Crippen LogP contribution is 2.18. The van der Waals surface area contributed by atoms with Crippen molar-refractivity contribution in [2.45, 2.75) is 13.5 Å². The summed E-state index contributed by atoms with van der Waals surface area (Å²) in [5.74, 6) is 0.661. The summed E-state index contributed by atoms with van der Waals surface area (Å²) < 4.78 is 1.66. The third kappa shape index (κ3) is 1.77. The number of aromatic nitrogens is 3. The molecule has 14 heavy (non-hydrogen) atoms. The molecule has 71 valence electrons. The largest absolute Gasteiger partial charge is 0.243 e. The lowest BCUT2D eigenvalue weighted by Crippen LogP contribution is -1.94. The Bertz CT molecular complexity index is 436. The minimum Gasteiger partial charge on any atom is -0.243 e. The molecule has 0 atom stereocenters. The van der Waals surface area contributed by atoms with E-state index in [0.29, 0.717) is 10.8 Å². The molecule has 3 nitrogen and oxygen atoms in total. The standard InChI is InChI=1S/C10H9ClN3/c1-2-14-7-12-10(13-14)8-4-3-5-9(11)6-8/h3-6H,2H2,1H3. The van der Waals surface area contributed by atoms with Gasteiger partial charge in [-0.2, -0.15) is 5.10 Å².